The minimum absolute atomic E-state index is 0.566. The molecule has 0 bridgehead atoms. The summed E-state index contributed by atoms with van der Waals surface area (Å²) in [6.07, 6.45) is 5.44. The number of benzene rings is 1. The van der Waals surface area contributed by atoms with Gasteiger partial charge in [0.1, 0.15) is 0 Å². The zero-order valence-corrected chi connectivity index (χ0v) is 11.3. The Morgan fingerprint density at radius 3 is 2.41 bits per heavy atom. The molecular weight excluding hydrogens is 208 g/mol. The van der Waals surface area contributed by atoms with E-state index in [1.54, 1.807) is 0 Å². The van der Waals surface area contributed by atoms with Gasteiger partial charge in [-0.15, -0.1) is 0 Å². The van der Waals surface area contributed by atoms with Crippen LogP contribution in [-0.2, 0) is 5.60 Å². The summed E-state index contributed by atoms with van der Waals surface area (Å²) in [4.78, 5) is 0. The van der Waals surface area contributed by atoms with Crippen LogP contribution >= 0.6 is 0 Å². The average Bonchev–Trinajstić information content (AvgIpc) is 2.29. The lowest BCUT2D eigenvalue weighted by Crippen LogP contribution is -2.32. The summed E-state index contributed by atoms with van der Waals surface area (Å²) in [7, 11) is 0. The average molecular weight is 232 g/mol. The minimum Gasteiger partial charge on any atom is -0.385 e. The highest BCUT2D eigenvalue weighted by Gasteiger charge is 2.35. The molecule has 0 heterocycles. The molecule has 1 fully saturated rings. The molecule has 94 valence electrons. The lowest BCUT2D eigenvalue weighted by molar-refractivity contribution is -0.0150. The highest BCUT2D eigenvalue weighted by molar-refractivity contribution is 5.35. The molecule has 0 aliphatic heterocycles. The van der Waals surface area contributed by atoms with Gasteiger partial charge in [-0.05, 0) is 56.6 Å². The maximum atomic E-state index is 10.8. The molecule has 0 amide bonds. The van der Waals surface area contributed by atoms with Gasteiger partial charge in [0, 0.05) is 0 Å². The molecule has 17 heavy (non-hydrogen) atoms. The first-order valence-electron chi connectivity index (χ1n) is 6.85. The van der Waals surface area contributed by atoms with E-state index >= 15 is 0 Å². The van der Waals surface area contributed by atoms with Gasteiger partial charge in [0.2, 0.25) is 0 Å². The van der Waals surface area contributed by atoms with Gasteiger partial charge in [-0.1, -0.05) is 37.1 Å². The van der Waals surface area contributed by atoms with Gasteiger partial charge in [-0.2, -0.15) is 0 Å². The van der Waals surface area contributed by atoms with E-state index in [0.717, 1.165) is 24.3 Å². The third-order valence-corrected chi connectivity index (χ3v) is 4.39. The van der Waals surface area contributed by atoms with Gasteiger partial charge < -0.3 is 5.11 Å². The third kappa shape index (κ3) is 2.55. The van der Waals surface area contributed by atoms with Crippen molar-refractivity contribution in [1.82, 2.24) is 0 Å². The normalized spacial score (nSPS) is 29.3. The SMILES string of the molecule is CCC1CCC(O)(c2ccc(C)cc2C)CC1. The maximum absolute atomic E-state index is 10.8. The predicted molar refractivity (Wildman–Crippen MR) is 72.1 cm³/mol. The van der Waals surface area contributed by atoms with Crippen molar-refractivity contribution < 1.29 is 5.11 Å². The standard InChI is InChI=1S/C16H24O/c1-4-14-7-9-16(17,10-8-14)15-6-5-12(2)11-13(15)3/h5-6,11,14,17H,4,7-10H2,1-3H3. The van der Waals surface area contributed by atoms with Crippen LogP contribution in [0.5, 0.6) is 0 Å². The molecule has 0 atom stereocenters. The number of hydrogen-bond donors (Lipinski definition) is 1. The molecule has 1 heteroatoms. The van der Waals surface area contributed by atoms with E-state index in [-0.39, 0.29) is 0 Å². The number of aliphatic hydroxyl groups is 1. The maximum Gasteiger partial charge on any atom is 0.0899 e. The van der Waals surface area contributed by atoms with E-state index < -0.39 is 5.60 Å². The smallest absolute Gasteiger partial charge is 0.0899 e. The zero-order valence-electron chi connectivity index (χ0n) is 11.3. The summed E-state index contributed by atoms with van der Waals surface area (Å²) in [5.74, 6) is 0.820. The first-order chi connectivity index (χ1) is 8.05. The Hall–Kier alpha value is -0.820. The summed E-state index contributed by atoms with van der Waals surface area (Å²) in [5.41, 5.74) is 3.10. The molecule has 0 spiro atoms. The van der Waals surface area contributed by atoms with Crippen molar-refractivity contribution in [2.75, 3.05) is 0 Å². The molecule has 0 aromatic heterocycles. The second-order valence-electron chi connectivity index (χ2n) is 5.70. The van der Waals surface area contributed by atoms with Crippen LogP contribution in [0, 0.1) is 19.8 Å². The van der Waals surface area contributed by atoms with Crippen LogP contribution in [0.25, 0.3) is 0 Å². The van der Waals surface area contributed by atoms with Gasteiger partial charge in [0.15, 0.2) is 0 Å². The molecule has 1 aromatic carbocycles. The van der Waals surface area contributed by atoms with E-state index in [9.17, 15) is 5.11 Å². The Morgan fingerprint density at radius 2 is 1.88 bits per heavy atom. The molecule has 2 rings (SSSR count). The van der Waals surface area contributed by atoms with Crippen LogP contribution in [-0.4, -0.2) is 5.11 Å². The van der Waals surface area contributed by atoms with E-state index in [4.69, 9.17) is 0 Å². The summed E-state index contributed by atoms with van der Waals surface area (Å²) < 4.78 is 0. The predicted octanol–water partition coefficient (Wildman–Crippen LogP) is 4.09. The highest BCUT2D eigenvalue weighted by Crippen LogP contribution is 2.41. The van der Waals surface area contributed by atoms with Crippen molar-refractivity contribution >= 4 is 0 Å². The molecule has 1 aliphatic carbocycles. The van der Waals surface area contributed by atoms with Crippen molar-refractivity contribution in [3.05, 3.63) is 34.9 Å². The van der Waals surface area contributed by atoms with Gasteiger partial charge in [0.25, 0.3) is 0 Å². The summed E-state index contributed by atoms with van der Waals surface area (Å²) >= 11 is 0. The molecule has 0 saturated heterocycles. The van der Waals surface area contributed by atoms with Crippen LogP contribution in [0.3, 0.4) is 0 Å². The van der Waals surface area contributed by atoms with Gasteiger partial charge in [-0.3, -0.25) is 0 Å². The fourth-order valence-electron chi connectivity index (χ4n) is 3.17. The highest BCUT2D eigenvalue weighted by atomic mass is 16.3. The number of aryl methyl sites for hydroxylation is 2. The molecule has 1 saturated carbocycles. The zero-order chi connectivity index (χ0) is 12.5. The van der Waals surface area contributed by atoms with Gasteiger partial charge in [-0.25, -0.2) is 0 Å². The van der Waals surface area contributed by atoms with Crippen molar-refractivity contribution in [3.8, 4) is 0 Å². The lowest BCUT2D eigenvalue weighted by Gasteiger charge is -2.37. The summed E-state index contributed by atoms with van der Waals surface area (Å²) in [6.45, 7) is 6.48. The molecule has 1 aliphatic rings. The van der Waals surface area contributed by atoms with E-state index in [1.165, 1.54) is 30.4 Å². The molecule has 1 aromatic rings. The fraction of sp³-hybridized carbons (Fsp3) is 0.625. The van der Waals surface area contributed by atoms with Crippen LogP contribution in [0.2, 0.25) is 0 Å². The molecule has 1 nitrogen and oxygen atoms in total. The van der Waals surface area contributed by atoms with E-state index in [1.807, 2.05) is 0 Å². The van der Waals surface area contributed by atoms with E-state index in [2.05, 4.69) is 39.0 Å². The molecular formula is C16H24O. The van der Waals surface area contributed by atoms with Crippen molar-refractivity contribution in [2.24, 2.45) is 5.92 Å². The van der Waals surface area contributed by atoms with Crippen LogP contribution in [0.15, 0.2) is 18.2 Å². The number of hydrogen-bond acceptors (Lipinski definition) is 1. The lowest BCUT2D eigenvalue weighted by atomic mass is 9.73. The third-order valence-electron chi connectivity index (χ3n) is 4.39. The Morgan fingerprint density at radius 1 is 1.24 bits per heavy atom. The first-order valence-corrected chi connectivity index (χ1v) is 6.85. The van der Waals surface area contributed by atoms with Crippen LogP contribution in [0.4, 0.5) is 0 Å². The van der Waals surface area contributed by atoms with Crippen molar-refractivity contribution in [2.45, 2.75) is 58.5 Å². The van der Waals surface area contributed by atoms with Crippen LogP contribution < -0.4 is 0 Å². The Labute approximate surface area is 105 Å². The first kappa shape index (κ1) is 12.6. The fourth-order valence-corrected chi connectivity index (χ4v) is 3.17. The van der Waals surface area contributed by atoms with Gasteiger partial charge >= 0.3 is 0 Å². The van der Waals surface area contributed by atoms with Crippen molar-refractivity contribution in [1.29, 1.82) is 0 Å². The number of rotatable bonds is 2. The monoisotopic (exact) mass is 232 g/mol. The minimum atomic E-state index is -0.566. The van der Waals surface area contributed by atoms with Crippen LogP contribution in [0.1, 0.15) is 55.7 Å². The molecule has 0 radical (unpaired) electrons. The topological polar surface area (TPSA) is 20.2 Å². The van der Waals surface area contributed by atoms with Gasteiger partial charge in [0.05, 0.1) is 5.60 Å². The molecule has 0 unspecified atom stereocenters. The molecule has 1 N–H and O–H groups in total. The Bertz CT molecular complexity index is 387. The van der Waals surface area contributed by atoms with Crippen molar-refractivity contribution in [3.63, 3.8) is 0 Å². The largest absolute Gasteiger partial charge is 0.385 e. The Balaban J connectivity index is 2.21. The Kier molecular flexibility index (Phi) is 3.58. The van der Waals surface area contributed by atoms with E-state index in [0.29, 0.717) is 0 Å². The summed E-state index contributed by atoms with van der Waals surface area (Å²) in [6, 6.07) is 6.42. The summed E-state index contributed by atoms with van der Waals surface area (Å²) in [5, 5.41) is 10.8. The second-order valence-corrected chi connectivity index (χ2v) is 5.70. The second kappa shape index (κ2) is 4.81. The quantitative estimate of drug-likeness (QED) is 0.814.